The molecule has 1 aliphatic carbocycles. The third-order valence-corrected chi connectivity index (χ3v) is 4.42. The van der Waals surface area contributed by atoms with Crippen LogP contribution in [-0.4, -0.2) is 23.8 Å². The van der Waals surface area contributed by atoms with Crippen molar-refractivity contribution in [3.8, 4) is 0 Å². The lowest BCUT2D eigenvalue weighted by molar-refractivity contribution is -0.131. The molecule has 1 aromatic rings. The van der Waals surface area contributed by atoms with E-state index in [1.807, 2.05) is 12.1 Å². The standard InChI is InChI=1S/C16H19NO/c1-2-16-9-8-14(15(16)18)11-17(12-16)10-13-6-4-3-5-7-13/h2-7,14H,1,8-12H2. The van der Waals surface area contributed by atoms with E-state index in [4.69, 9.17) is 0 Å². The van der Waals surface area contributed by atoms with E-state index in [1.165, 1.54) is 5.56 Å². The van der Waals surface area contributed by atoms with E-state index in [-0.39, 0.29) is 11.3 Å². The predicted octanol–water partition coefficient (Wildman–Crippen LogP) is 2.65. The summed E-state index contributed by atoms with van der Waals surface area (Å²) in [6.45, 7) is 6.61. The van der Waals surface area contributed by atoms with Crippen LogP contribution in [0.3, 0.4) is 0 Å². The number of hydrogen-bond donors (Lipinski definition) is 0. The van der Waals surface area contributed by atoms with Gasteiger partial charge in [0, 0.05) is 25.6 Å². The molecule has 1 aromatic carbocycles. The first kappa shape index (κ1) is 11.7. The van der Waals surface area contributed by atoms with Crippen LogP contribution < -0.4 is 0 Å². The second kappa shape index (κ2) is 4.36. The van der Waals surface area contributed by atoms with Crippen molar-refractivity contribution in [3.63, 3.8) is 0 Å². The van der Waals surface area contributed by atoms with Crippen LogP contribution in [0.25, 0.3) is 0 Å². The first-order valence-corrected chi connectivity index (χ1v) is 6.68. The van der Waals surface area contributed by atoms with E-state index in [9.17, 15) is 4.79 Å². The van der Waals surface area contributed by atoms with Gasteiger partial charge >= 0.3 is 0 Å². The molecule has 3 rings (SSSR count). The predicted molar refractivity (Wildman–Crippen MR) is 72.1 cm³/mol. The minimum Gasteiger partial charge on any atom is -0.298 e. The molecule has 0 amide bonds. The van der Waals surface area contributed by atoms with Gasteiger partial charge in [-0.25, -0.2) is 0 Å². The van der Waals surface area contributed by atoms with E-state index >= 15 is 0 Å². The number of carbonyl (C=O) groups is 1. The highest BCUT2D eigenvalue weighted by Crippen LogP contribution is 2.44. The fourth-order valence-corrected chi connectivity index (χ4v) is 3.43. The third kappa shape index (κ3) is 1.81. The molecular weight excluding hydrogens is 222 g/mol. The molecule has 1 saturated heterocycles. The van der Waals surface area contributed by atoms with Gasteiger partial charge in [0.15, 0.2) is 0 Å². The number of rotatable bonds is 3. The second-order valence-corrected chi connectivity index (χ2v) is 5.62. The van der Waals surface area contributed by atoms with Gasteiger partial charge in [0.25, 0.3) is 0 Å². The van der Waals surface area contributed by atoms with Gasteiger partial charge in [-0.15, -0.1) is 6.58 Å². The Bertz CT molecular complexity index is 467. The molecule has 0 N–H and O–H groups in total. The fourth-order valence-electron chi connectivity index (χ4n) is 3.43. The Labute approximate surface area is 108 Å². The molecule has 2 aliphatic rings. The van der Waals surface area contributed by atoms with Crippen molar-refractivity contribution in [2.75, 3.05) is 13.1 Å². The number of nitrogens with zero attached hydrogens (tertiary/aromatic N) is 1. The smallest absolute Gasteiger partial charge is 0.148 e. The number of hydrogen-bond acceptors (Lipinski definition) is 2. The molecule has 1 heterocycles. The highest BCUT2D eigenvalue weighted by Gasteiger charge is 2.50. The Hall–Kier alpha value is -1.41. The van der Waals surface area contributed by atoms with Crippen LogP contribution >= 0.6 is 0 Å². The van der Waals surface area contributed by atoms with Crippen molar-refractivity contribution >= 4 is 5.78 Å². The van der Waals surface area contributed by atoms with E-state index in [0.717, 1.165) is 32.5 Å². The summed E-state index contributed by atoms with van der Waals surface area (Å²) in [6, 6.07) is 10.5. The normalized spacial score (nSPS) is 31.6. The van der Waals surface area contributed by atoms with Gasteiger partial charge in [0.05, 0.1) is 5.41 Å². The maximum atomic E-state index is 12.2. The molecule has 1 saturated carbocycles. The van der Waals surface area contributed by atoms with Crippen LogP contribution in [0, 0.1) is 11.3 Å². The fraction of sp³-hybridized carbons (Fsp3) is 0.438. The quantitative estimate of drug-likeness (QED) is 0.758. The van der Waals surface area contributed by atoms with Crippen molar-refractivity contribution in [2.45, 2.75) is 19.4 Å². The molecule has 0 spiro atoms. The van der Waals surface area contributed by atoms with Gasteiger partial charge in [0.2, 0.25) is 0 Å². The van der Waals surface area contributed by atoms with Gasteiger partial charge in [-0.05, 0) is 18.4 Å². The zero-order valence-electron chi connectivity index (χ0n) is 10.6. The Morgan fingerprint density at radius 3 is 2.89 bits per heavy atom. The maximum absolute atomic E-state index is 12.2. The summed E-state index contributed by atoms with van der Waals surface area (Å²) in [5, 5.41) is 0. The molecule has 0 radical (unpaired) electrons. The molecule has 18 heavy (non-hydrogen) atoms. The zero-order valence-corrected chi connectivity index (χ0v) is 10.6. The van der Waals surface area contributed by atoms with Crippen LogP contribution in [-0.2, 0) is 11.3 Å². The Kier molecular flexibility index (Phi) is 2.83. The van der Waals surface area contributed by atoms with Crippen LogP contribution in [0.5, 0.6) is 0 Å². The molecule has 2 atom stereocenters. The number of benzene rings is 1. The molecule has 2 bridgehead atoms. The molecule has 2 nitrogen and oxygen atoms in total. The van der Waals surface area contributed by atoms with E-state index < -0.39 is 0 Å². The molecule has 1 aliphatic heterocycles. The lowest BCUT2D eigenvalue weighted by Crippen LogP contribution is -2.47. The van der Waals surface area contributed by atoms with Crippen molar-refractivity contribution in [3.05, 3.63) is 48.6 Å². The molecule has 2 unspecified atom stereocenters. The minimum atomic E-state index is -0.252. The minimum absolute atomic E-state index is 0.237. The molecule has 2 heteroatoms. The monoisotopic (exact) mass is 241 g/mol. The van der Waals surface area contributed by atoms with Crippen LogP contribution in [0.15, 0.2) is 43.0 Å². The Morgan fingerprint density at radius 2 is 2.17 bits per heavy atom. The van der Waals surface area contributed by atoms with E-state index in [2.05, 4.69) is 35.7 Å². The summed E-state index contributed by atoms with van der Waals surface area (Å²) in [5.41, 5.74) is 1.07. The summed E-state index contributed by atoms with van der Waals surface area (Å²) in [7, 11) is 0. The SMILES string of the molecule is C=CC12CCC(CN(Cc3ccccc3)C1)C2=O. The number of ketones is 1. The average Bonchev–Trinajstić information content (AvgIpc) is 2.61. The molecular formula is C16H19NO. The largest absolute Gasteiger partial charge is 0.298 e. The van der Waals surface area contributed by atoms with Gasteiger partial charge in [-0.1, -0.05) is 36.4 Å². The summed E-state index contributed by atoms with van der Waals surface area (Å²) in [6.07, 6.45) is 3.92. The van der Waals surface area contributed by atoms with Crippen molar-refractivity contribution < 1.29 is 4.79 Å². The van der Waals surface area contributed by atoms with Gasteiger partial charge in [-0.3, -0.25) is 9.69 Å². The maximum Gasteiger partial charge on any atom is 0.148 e. The second-order valence-electron chi connectivity index (χ2n) is 5.62. The first-order valence-electron chi connectivity index (χ1n) is 6.68. The molecule has 2 fully saturated rings. The Morgan fingerprint density at radius 1 is 1.39 bits per heavy atom. The third-order valence-electron chi connectivity index (χ3n) is 4.42. The number of piperidine rings is 1. The van der Waals surface area contributed by atoms with Crippen molar-refractivity contribution in [1.82, 2.24) is 4.90 Å². The summed E-state index contributed by atoms with van der Waals surface area (Å²) in [5.74, 6) is 0.669. The van der Waals surface area contributed by atoms with E-state index in [1.54, 1.807) is 0 Å². The lowest BCUT2D eigenvalue weighted by atomic mass is 9.80. The van der Waals surface area contributed by atoms with Crippen molar-refractivity contribution in [1.29, 1.82) is 0 Å². The number of likely N-dealkylation sites (tertiary alicyclic amines) is 1. The van der Waals surface area contributed by atoms with Gasteiger partial charge in [-0.2, -0.15) is 0 Å². The lowest BCUT2D eigenvalue weighted by Gasteiger charge is -2.37. The van der Waals surface area contributed by atoms with E-state index in [0.29, 0.717) is 5.78 Å². The number of Topliss-reactive ketones (excluding diaryl/α,β-unsaturated/α-hetero) is 1. The van der Waals surface area contributed by atoms with Crippen LogP contribution in [0.4, 0.5) is 0 Å². The number of fused-ring (bicyclic) bond motifs is 2. The highest BCUT2D eigenvalue weighted by atomic mass is 16.1. The topological polar surface area (TPSA) is 20.3 Å². The van der Waals surface area contributed by atoms with Crippen LogP contribution in [0.1, 0.15) is 18.4 Å². The summed E-state index contributed by atoms with van der Waals surface area (Å²) < 4.78 is 0. The average molecular weight is 241 g/mol. The zero-order chi connectivity index (χ0) is 12.6. The molecule has 0 aromatic heterocycles. The summed E-state index contributed by atoms with van der Waals surface area (Å²) >= 11 is 0. The Balaban J connectivity index is 1.77. The first-order chi connectivity index (χ1) is 8.73. The molecule has 94 valence electrons. The van der Waals surface area contributed by atoms with Crippen molar-refractivity contribution in [2.24, 2.45) is 11.3 Å². The van der Waals surface area contributed by atoms with Gasteiger partial charge in [0.1, 0.15) is 5.78 Å². The number of carbonyl (C=O) groups excluding carboxylic acids is 1. The highest BCUT2D eigenvalue weighted by molar-refractivity contribution is 5.92. The summed E-state index contributed by atoms with van der Waals surface area (Å²) in [4.78, 5) is 14.7. The van der Waals surface area contributed by atoms with Gasteiger partial charge < -0.3 is 0 Å². The van der Waals surface area contributed by atoms with Crippen LogP contribution in [0.2, 0.25) is 0 Å².